The molecule has 0 saturated carbocycles. The zero-order chi connectivity index (χ0) is 23.0. The summed E-state index contributed by atoms with van der Waals surface area (Å²) in [6.07, 6.45) is 3.20. The first kappa shape index (κ1) is 22.9. The molecule has 0 aliphatic rings. The number of aliphatic imine (C=N–C) groups is 2. The lowest BCUT2D eigenvalue weighted by atomic mass is 10.0. The first-order valence-electron chi connectivity index (χ1n) is 9.17. The minimum atomic E-state index is -0.586. The molecule has 2 aromatic carbocycles. The molecule has 0 aliphatic heterocycles. The van der Waals surface area contributed by atoms with Gasteiger partial charge in [-0.15, -0.1) is 0 Å². The molecule has 0 unspecified atom stereocenters. The van der Waals surface area contributed by atoms with Crippen LogP contribution in [0.5, 0.6) is 11.5 Å². The van der Waals surface area contributed by atoms with E-state index in [1.54, 1.807) is 44.2 Å². The summed E-state index contributed by atoms with van der Waals surface area (Å²) in [6.45, 7) is 3.15. The Morgan fingerprint density at radius 3 is 1.77 bits per heavy atom. The SMILES string of the molecule is C/C(=C\c1ccc(Oc2ccccc2)cc1/C=C(\C)C(=O)N=C(N)N)C(=O)N=C(N)N. The van der Waals surface area contributed by atoms with E-state index in [-0.39, 0.29) is 17.5 Å². The predicted molar refractivity (Wildman–Crippen MR) is 122 cm³/mol. The van der Waals surface area contributed by atoms with Crippen LogP contribution in [0, 0.1) is 0 Å². The number of carbonyl (C=O) groups is 2. The van der Waals surface area contributed by atoms with Crippen LogP contribution in [0.25, 0.3) is 12.2 Å². The summed E-state index contributed by atoms with van der Waals surface area (Å²) < 4.78 is 5.86. The highest BCUT2D eigenvalue weighted by Crippen LogP contribution is 2.27. The summed E-state index contributed by atoms with van der Waals surface area (Å²) in [5, 5.41) is 0. The van der Waals surface area contributed by atoms with Crippen molar-refractivity contribution in [2.75, 3.05) is 0 Å². The topological polar surface area (TPSA) is 172 Å². The number of para-hydroxylation sites is 1. The van der Waals surface area contributed by atoms with Crippen molar-refractivity contribution in [3.8, 4) is 11.5 Å². The van der Waals surface area contributed by atoms with Crippen molar-refractivity contribution >= 4 is 35.9 Å². The minimum absolute atomic E-state index is 0.285. The summed E-state index contributed by atoms with van der Waals surface area (Å²) in [6, 6.07) is 14.4. The maximum absolute atomic E-state index is 12.1. The van der Waals surface area contributed by atoms with Gasteiger partial charge in [-0.2, -0.15) is 9.98 Å². The van der Waals surface area contributed by atoms with E-state index >= 15 is 0 Å². The van der Waals surface area contributed by atoms with Crippen molar-refractivity contribution in [1.82, 2.24) is 0 Å². The number of benzene rings is 2. The summed E-state index contributed by atoms with van der Waals surface area (Å²) in [4.78, 5) is 31.3. The average Bonchev–Trinajstić information content (AvgIpc) is 2.69. The number of guanidine groups is 2. The third-order valence-corrected chi connectivity index (χ3v) is 3.92. The van der Waals surface area contributed by atoms with E-state index < -0.39 is 11.8 Å². The van der Waals surface area contributed by atoms with Gasteiger partial charge in [0.1, 0.15) is 11.5 Å². The van der Waals surface area contributed by atoms with Crippen LogP contribution in [-0.2, 0) is 9.59 Å². The largest absolute Gasteiger partial charge is 0.457 e. The Morgan fingerprint density at radius 2 is 1.26 bits per heavy atom. The smallest absolute Gasteiger partial charge is 0.275 e. The van der Waals surface area contributed by atoms with Gasteiger partial charge >= 0.3 is 0 Å². The molecule has 0 atom stereocenters. The van der Waals surface area contributed by atoms with Gasteiger partial charge in [0, 0.05) is 11.1 Å². The number of rotatable bonds is 6. The molecule has 2 aromatic rings. The molecule has 2 amide bonds. The highest BCUT2D eigenvalue weighted by Gasteiger charge is 2.10. The fraction of sp³-hybridized carbons (Fsp3) is 0.0909. The van der Waals surface area contributed by atoms with Gasteiger partial charge in [-0.05, 0) is 61.4 Å². The number of ether oxygens (including phenoxy) is 1. The van der Waals surface area contributed by atoms with Crippen LogP contribution in [0.2, 0.25) is 0 Å². The van der Waals surface area contributed by atoms with Crippen LogP contribution < -0.4 is 27.7 Å². The van der Waals surface area contributed by atoms with Gasteiger partial charge < -0.3 is 27.7 Å². The maximum Gasteiger partial charge on any atom is 0.275 e. The van der Waals surface area contributed by atoms with Crippen LogP contribution >= 0.6 is 0 Å². The summed E-state index contributed by atoms with van der Waals surface area (Å²) in [7, 11) is 0. The normalized spacial score (nSPS) is 11.4. The van der Waals surface area contributed by atoms with E-state index in [1.807, 2.05) is 30.3 Å². The summed E-state index contributed by atoms with van der Waals surface area (Å²) >= 11 is 0. The van der Waals surface area contributed by atoms with Crippen LogP contribution in [0.3, 0.4) is 0 Å². The van der Waals surface area contributed by atoms with E-state index in [9.17, 15) is 9.59 Å². The van der Waals surface area contributed by atoms with Crippen LogP contribution in [0.15, 0.2) is 69.7 Å². The average molecular weight is 420 g/mol. The zero-order valence-electron chi connectivity index (χ0n) is 17.2. The van der Waals surface area contributed by atoms with E-state index in [1.165, 1.54) is 0 Å². The molecule has 2 rings (SSSR count). The molecule has 9 heteroatoms. The Labute approximate surface area is 179 Å². The van der Waals surface area contributed by atoms with Crippen molar-refractivity contribution in [3.63, 3.8) is 0 Å². The monoisotopic (exact) mass is 420 g/mol. The molecule has 0 spiro atoms. The summed E-state index contributed by atoms with van der Waals surface area (Å²) in [5.41, 5.74) is 22.9. The van der Waals surface area contributed by atoms with Crippen molar-refractivity contribution in [3.05, 3.63) is 70.8 Å². The third-order valence-electron chi connectivity index (χ3n) is 3.92. The molecular formula is C22H24N6O3. The van der Waals surface area contributed by atoms with Crippen molar-refractivity contribution < 1.29 is 14.3 Å². The number of nitrogens with zero attached hydrogens (tertiary/aromatic N) is 2. The number of hydrogen-bond donors (Lipinski definition) is 4. The van der Waals surface area contributed by atoms with Gasteiger partial charge in [0.25, 0.3) is 11.8 Å². The highest BCUT2D eigenvalue weighted by molar-refractivity contribution is 6.05. The lowest BCUT2D eigenvalue weighted by Crippen LogP contribution is -2.24. The highest BCUT2D eigenvalue weighted by atomic mass is 16.5. The van der Waals surface area contributed by atoms with Crippen LogP contribution in [0.1, 0.15) is 25.0 Å². The lowest BCUT2D eigenvalue weighted by Gasteiger charge is -2.10. The van der Waals surface area contributed by atoms with Crippen molar-refractivity contribution in [1.29, 1.82) is 0 Å². The number of amides is 2. The lowest BCUT2D eigenvalue weighted by molar-refractivity contribution is -0.115. The van der Waals surface area contributed by atoms with Gasteiger partial charge in [-0.3, -0.25) is 9.59 Å². The molecule has 8 N–H and O–H groups in total. The van der Waals surface area contributed by atoms with Crippen LogP contribution in [0.4, 0.5) is 0 Å². The van der Waals surface area contributed by atoms with E-state index in [4.69, 9.17) is 27.7 Å². The van der Waals surface area contributed by atoms with Crippen molar-refractivity contribution in [2.45, 2.75) is 13.8 Å². The fourth-order valence-electron chi connectivity index (χ4n) is 2.50. The number of carbonyl (C=O) groups excluding carboxylic acids is 2. The van der Waals surface area contributed by atoms with Gasteiger partial charge in [0.2, 0.25) is 0 Å². The van der Waals surface area contributed by atoms with Gasteiger partial charge in [-0.1, -0.05) is 24.3 Å². The molecule has 0 heterocycles. The Morgan fingerprint density at radius 1 is 0.742 bits per heavy atom. The quantitative estimate of drug-likeness (QED) is 0.314. The second kappa shape index (κ2) is 10.4. The molecular weight excluding hydrogens is 396 g/mol. The first-order chi connectivity index (χ1) is 14.7. The van der Waals surface area contributed by atoms with Crippen LogP contribution in [-0.4, -0.2) is 23.7 Å². The van der Waals surface area contributed by atoms with Gasteiger partial charge in [-0.25, -0.2) is 0 Å². The Bertz CT molecular complexity index is 1090. The molecule has 0 saturated heterocycles. The molecule has 0 radical (unpaired) electrons. The van der Waals surface area contributed by atoms with E-state index in [0.717, 1.165) is 0 Å². The molecule has 160 valence electrons. The Kier molecular flexibility index (Phi) is 7.68. The molecule has 9 nitrogen and oxygen atoms in total. The predicted octanol–water partition coefficient (Wildman–Crippen LogP) is 1.89. The number of nitrogens with two attached hydrogens (primary N) is 4. The maximum atomic E-state index is 12.1. The standard InChI is InChI=1S/C22H24N6O3/c1-13(19(29)27-21(23)24)10-15-8-9-18(31-17-6-4-3-5-7-17)12-16(15)11-14(2)20(30)28-22(25)26/h3-12H,1-2H3,(H4,23,24,27,29)(H4,25,26,28,30)/b13-10+,14-11+. The Hall–Kier alpha value is -4.40. The zero-order valence-corrected chi connectivity index (χ0v) is 17.2. The Balaban J connectivity index is 2.51. The van der Waals surface area contributed by atoms with E-state index in [0.29, 0.717) is 28.2 Å². The van der Waals surface area contributed by atoms with Gasteiger partial charge in [0.05, 0.1) is 0 Å². The summed E-state index contributed by atoms with van der Waals surface area (Å²) in [5.74, 6) is -0.649. The first-order valence-corrected chi connectivity index (χ1v) is 9.17. The second-order valence-electron chi connectivity index (χ2n) is 6.54. The third kappa shape index (κ3) is 7.17. The molecule has 31 heavy (non-hydrogen) atoms. The van der Waals surface area contributed by atoms with Crippen molar-refractivity contribution in [2.24, 2.45) is 32.9 Å². The molecule has 0 fully saturated rings. The van der Waals surface area contributed by atoms with E-state index in [2.05, 4.69) is 9.98 Å². The molecule has 0 bridgehead atoms. The molecule has 0 aliphatic carbocycles. The number of hydrogen-bond acceptors (Lipinski definition) is 3. The molecule has 0 aromatic heterocycles. The second-order valence-corrected chi connectivity index (χ2v) is 6.54. The minimum Gasteiger partial charge on any atom is -0.457 e. The van der Waals surface area contributed by atoms with Gasteiger partial charge in [0.15, 0.2) is 11.9 Å². The fourth-order valence-corrected chi connectivity index (χ4v) is 2.50.